The minimum atomic E-state index is -0.104. The van der Waals surface area contributed by atoms with Crippen molar-refractivity contribution in [3.8, 4) is 5.75 Å². The van der Waals surface area contributed by atoms with Crippen LogP contribution < -0.4 is 15.8 Å². The summed E-state index contributed by atoms with van der Waals surface area (Å²) in [6.07, 6.45) is 2.15. The van der Waals surface area contributed by atoms with E-state index in [0.717, 1.165) is 18.6 Å². The van der Waals surface area contributed by atoms with E-state index >= 15 is 0 Å². The second-order valence-electron chi connectivity index (χ2n) is 4.34. The van der Waals surface area contributed by atoms with Crippen molar-refractivity contribution in [1.82, 2.24) is 5.32 Å². The molecule has 1 amide bonds. The first-order valence-corrected chi connectivity index (χ1v) is 6.41. The van der Waals surface area contributed by atoms with Gasteiger partial charge in [-0.25, -0.2) is 0 Å². The molecule has 0 aromatic heterocycles. The fourth-order valence-electron chi connectivity index (χ4n) is 1.40. The Hall–Kier alpha value is -1.26. The van der Waals surface area contributed by atoms with Crippen molar-refractivity contribution in [3.63, 3.8) is 0 Å². The van der Waals surface area contributed by atoms with E-state index in [1.54, 1.807) is 12.1 Å². The molecule has 1 aromatic rings. The highest BCUT2D eigenvalue weighted by atomic mass is 35.5. The predicted octanol–water partition coefficient (Wildman–Crippen LogP) is 2.36. The largest absolute Gasteiger partial charge is 0.494 e. The number of benzene rings is 1. The fraction of sp³-hybridized carbons (Fsp3) is 0.500. The maximum absolute atomic E-state index is 11.8. The smallest absolute Gasteiger partial charge is 0.251 e. The molecule has 19 heavy (non-hydrogen) atoms. The SMILES string of the molecule is CCCCOc1ccc(C(=O)N[C@@H](C)CN)cc1.Cl. The molecule has 0 aliphatic carbocycles. The van der Waals surface area contributed by atoms with Crippen molar-refractivity contribution in [2.45, 2.75) is 32.7 Å². The van der Waals surface area contributed by atoms with Gasteiger partial charge >= 0.3 is 0 Å². The van der Waals surface area contributed by atoms with Crippen molar-refractivity contribution >= 4 is 18.3 Å². The van der Waals surface area contributed by atoms with Crippen molar-refractivity contribution in [2.24, 2.45) is 5.73 Å². The van der Waals surface area contributed by atoms with Gasteiger partial charge in [0.05, 0.1) is 6.61 Å². The number of nitrogens with two attached hydrogens (primary N) is 1. The van der Waals surface area contributed by atoms with Crippen LogP contribution in [-0.2, 0) is 0 Å². The molecule has 0 bridgehead atoms. The van der Waals surface area contributed by atoms with E-state index in [0.29, 0.717) is 18.7 Å². The summed E-state index contributed by atoms with van der Waals surface area (Å²) in [5.74, 6) is 0.694. The molecule has 0 saturated carbocycles. The van der Waals surface area contributed by atoms with Crippen molar-refractivity contribution < 1.29 is 9.53 Å². The molecule has 3 N–H and O–H groups in total. The van der Waals surface area contributed by atoms with E-state index in [2.05, 4.69) is 12.2 Å². The molecule has 0 unspecified atom stereocenters. The number of nitrogens with one attached hydrogen (secondary N) is 1. The maximum atomic E-state index is 11.8. The third-order valence-electron chi connectivity index (χ3n) is 2.61. The number of hydrogen-bond donors (Lipinski definition) is 2. The summed E-state index contributed by atoms with van der Waals surface area (Å²) in [7, 11) is 0. The van der Waals surface area contributed by atoms with Crippen LogP contribution in [0.2, 0.25) is 0 Å². The van der Waals surface area contributed by atoms with Crippen LogP contribution >= 0.6 is 12.4 Å². The Balaban J connectivity index is 0.00000324. The average Bonchev–Trinajstić information content (AvgIpc) is 2.39. The van der Waals surface area contributed by atoms with E-state index in [9.17, 15) is 4.79 Å². The fourth-order valence-corrected chi connectivity index (χ4v) is 1.40. The van der Waals surface area contributed by atoms with Crippen LogP contribution in [-0.4, -0.2) is 25.1 Å². The molecule has 1 atom stereocenters. The summed E-state index contributed by atoms with van der Waals surface area (Å²) in [5.41, 5.74) is 6.08. The minimum Gasteiger partial charge on any atom is -0.494 e. The molecule has 0 spiro atoms. The zero-order valence-corrected chi connectivity index (χ0v) is 12.3. The van der Waals surface area contributed by atoms with Gasteiger partial charge in [0.2, 0.25) is 0 Å². The first kappa shape index (κ1) is 17.7. The highest BCUT2D eigenvalue weighted by molar-refractivity contribution is 5.94. The molecule has 0 radical (unpaired) electrons. The van der Waals surface area contributed by atoms with Gasteiger partial charge in [-0.3, -0.25) is 4.79 Å². The molecule has 0 aliphatic rings. The topological polar surface area (TPSA) is 64.3 Å². The minimum absolute atomic E-state index is 0. The second kappa shape index (κ2) is 9.64. The van der Waals surface area contributed by atoms with Crippen LogP contribution in [0.1, 0.15) is 37.0 Å². The lowest BCUT2D eigenvalue weighted by molar-refractivity contribution is 0.0941. The van der Waals surface area contributed by atoms with Gasteiger partial charge in [0.1, 0.15) is 5.75 Å². The third kappa shape index (κ3) is 6.45. The standard InChI is InChI=1S/C14H22N2O2.ClH/c1-3-4-9-18-13-7-5-12(6-8-13)14(17)16-11(2)10-15;/h5-8,11H,3-4,9-10,15H2,1-2H3,(H,16,17);1H/t11-;/m0./s1. The summed E-state index contributed by atoms with van der Waals surface area (Å²) in [5, 5.41) is 2.81. The Morgan fingerprint density at radius 2 is 2.00 bits per heavy atom. The maximum Gasteiger partial charge on any atom is 0.251 e. The lowest BCUT2D eigenvalue weighted by Crippen LogP contribution is -2.37. The van der Waals surface area contributed by atoms with Crippen LogP contribution in [0.15, 0.2) is 24.3 Å². The molecule has 0 aliphatic heterocycles. The van der Waals surface area contributed by atoms with E-state index in [-0.39, 0.29) is 24.4 Å². The summed E-state index contributed by atoms with van der Waals surface area (Å²) in [6.45, 7) is 5.14. The van der Waals surface area contributed by atoms with Gasteiger partial charge in [-0.15, -0.1) is 12.4 Å². The Morgan fingerprint density at radius 3 is 2.53 bits per heavy atom. The number of carbonyl (C=O) groups is 1. The Morgan fingerprint density at radius 1 is 1.37 bits per heavy atom. The number of unbranched alkanes of at least 4 members (excludes halogenated alkanes) is 1. The molecular weight excluding hydrogens is 264 g/mol. The molecule has 1 aromatic carbocycles. The van der Waals surface area contributed by atoms with Gasteiger partial charge in [0.15, 0.2) is 0 Å². The van der Waals surface area contributed by atoms with E-state index in [4.69, 9.17) is 10.5 Å². The normalized spacial score (nSPS) is 11.3. The number of halogens is 1. The van der Waals surface area contributed by atoms with Crippen LogP contribution in [0.25, 0.3) is 0 Å². The first-order valence-electron chi connectivity index (χ1n) is 6.41. The number of carbonyl (C=O) groups excluding carboxylic acids is 1. The van der Waals surface area contributed by atoms with E-state index in [1.165, 1.54) is 0 Å². The third-order valence-corrected chi connectivity index (χ3v) is 2.61. The molecular formula is C14H23ClN2O2. The van der Waals surface area contributed by atoms with Gasteiger partial charge in [-0.1, -0.05) is 13.3 Å². The highest BCUT2D eigenvalue weighted by Gasteiger charge is 2.08. The molecule has 0 fully saturated rings. The summed E-state index contributed by atoms with van der Waals surface area (Å²) >= 11 is 0. The van der Waals surface area contributed by atoms with E-state index < -0.39 is 0 Å². The predicted molar refractivity (Wildman–Crippen MR) is 80.1 cm³/mol. The molecule has 0 saturated heterocycles. The molecule has 4 nitrogen and oxygen atoms in total. The number of amides is 1. The molecule has 0 heterocycles. The van der Waals surface area contributed by atoms with Crippen molar-refractivity contribution in [3.05, 3.63) is 29.8 Å². The van der Waals surface area contributed by atoms with Gasteiger partial charge in [0.25, 0.3) is 5.91 Å². The zero-order chi connectivity index (χ0) is 13.4. The Labute approximate surface area is 121 Å². The average molecular weight is 287 g/mol. The van der Waals surface area contributed by atoms with Crippen molar-refractivity contribution in [2.75, 3.05) is 13.2 Å². The first-order chi connectivity index (χ1) is 8.67. The van der Waals surface area contributed by atoms with Crippen LogP contribution in [0.5, 0.6) is 5.75 Å². The second-order valence-corrected chi connectivity index (χ2v) is 4.34. The molecule has 5 heteroatoms. The molecule has 108 valence electrons. The number of hydrogen-bond acceptors (Lipinski definition) is 3. The summed E-state index contributed by atoms with van der Waals surface area (Å²) in [4.78, 5) is 11.8. The number of ether oxygens (including phenoxy) is 1. The Bertz CT molecular complexity index is 368. The van der Waals surface area contributed by atoms with E-state index in [1.807, 2.05) is 19.1 Å². The van der Waals surface area contributed by atoms with Crippen LogP contribution in [0.3, 0.4) is 0 Å². The van der Waals surface area contributed by atoms with Crippen molar-refractivity contribution in [1.29, 1.82) is 0 Å². The summed E-state index contributed by atoms with van der Waals surface area (Å²) < 4.78 is 5.53. The van der Waals surface area contributed by atoms with Crippen LogP contribution in [0.4, 0.5) is 0 Å². The monoisotopic (exact) mass is 286 g/mol. The number of rotatable bonds is 7. The lowest BCUT2D eigenvalue weighted by atomic mass is 10.2. The zero-order valence-electron chi connectivity index (χ0n) is 11.5. The lowest BCUT2D eigenvalue weighted by Gasteiger charge is -2.11. The highest BCUT2D eigenvalue weighted by Crippen LogP contribution is 2.12. The molecule has 1 rings (SSSR count). The van der Waals surface area contributed by atoms with Crippen LogP contribution in [0, 0.1) is 0 Å². The summed E-state index contributed by atoms with van der Waals surface area (Å²) in [6, 6.07) is 7.15. The Kier molecular flexibility index (Phi) is 9.00. The van der Waals surface area contributed by atoms with Gasteiger partial charge in [-0.05, 0) is 37.6 Å². The van der Waals surface area contributed by atoms with Gasteiger partial charge in [0, 0.05) is 18.2 Å². The van der Waals surface area contributed by atoms with Gasteiger partial charge in [-0.2, -0.15) is 0 Å². The van der Waals surface area contributed by atoms with Gasteiger partial charge < -0.3 is 15.8 Å². The quantitative estimate of drug-likeness (QED) is 0.756.